The van der Waals surface area contributed by atoms with Crippen LogP contribution in [0.1, 0.15) is 44.7 Å². The van der Waals surface area contributed by atoms with Gasteiger partial charge in [0, 0.05) is 24.6 Å². The first kappa shape index (κ1) is 20.1. The Morgan fingerprint density at radius 2 is 1.86 bits per heavy atom. The first-order chi connectivity index (χ1) is 13.3. The normalized spacial score (nSPS) is 18.0. The monoisotopic (exact) mass is 391 g/mol. The van der Waals surface area contributed by atoms with E-state index in [2.05, 4.69) is 0 Å². The Bertz CT molecular complexity index is 879. The van der Waals surface area contributed by atoms with Crippen LogP contribution in [0.3, 0.4) is 0 Å². The summed E-state index contributed by atoms with van der Waals surface area (Å²) in [6, 6.07) is 11.2. The van der Waals surface area contributed by atoms with Crippen LogP contribution < -0.4 is 0 Å². The van der Waals surface area contributed by atoms with E-state index >= 15 is 0 Å². The van der Waals surface area contributed by atoms with Gasteiger partial charge < -0.3 is 5.11 Å². The van der Waals surface area contributed by atoms with E-state index in [1.807, 2.05) is 4.90 Å². The van der Waals surface area contributed by atoms with Crippen molar-refractivity contribution < 1.29 is 27.9 Å². The van der Waals surface area contributed by atoms with Crippen LogP contribution in [0.4, 0.5) is 13.2 Å². The van der Waals surface area contributed by atoms with Crippen molar-refractivity contribution in [3.05, 3.63) is 70.8 Å². The number of carbonyl (C=O) groups excluding carboxylic acids is 1. The fourth-order valence-electron chi connectivity index (χ4n) is 3.61. The Balaban J connectivity index is 1.73. The highest BCUT2D eigenvalue weighted by Crippen LogP contribution is 2.31. The fourth-order valence-corrected chi connectivity index (χ4v) is 3.61. The molecule has 1 fully saturated rings. The number of carboxylic acid groups (broad SMARTS) is 1. The van der Waals surface area contributed by atoms with Gasteiger partial charge in [-0.25, -0.2) is 4.79 Å². The van der Waals surface area contributed by atoms with Crippen LogP contribution in [0, 0.1) is 5.92 Å². The van der Waals surface area contributed by atoms with Gasteiger partial charge in [0.05, 0.1) is 11.1 Å². The molecule has 2 aromatic rings. The molecule has 3 rings (SSSR count). The Morgan fingerprint density at radius 1 is 1.11 bits per heavy atom. The summed E-state index contributed by atoms with van der Waals surface area (Å²) in [5, 5.41) is 9.31. The van der Waals surface area contributed by atoms with Crippen molar-refractivity contribution in [2.75, 3.05) is 13.1 Å². The number of carbonyl (C=O) groups is 2. The Hall–Kier alpha value is -2.67. The molecule has 1 aliphatic heterocycles. The number of hydrogen-bond donors (Lipinski definition) is 1. The van der Waals surface area contributed by atoms with Crippen molar-refractivity contribution in [3.8, 4) is 0 Å². The number of benzene rings is 2. The molecule has 0 saturated carbocycles. The largest absolute Gasteiger partial charge is 0.478 e. The van der Waals surface area contributed by atoms with Gasteiger partial charge in [0.1, 0.15) is 0 Å². The maximum absolute atomic E-state index is 12.9. The summed E-state index contributed by atoms with van der Waals surface area (Å²) in [6.07, 6.45) is -3.16. The molecule has 1 aliphatic rings. The third-order valence-electron chi connectivity index (χ3n) is 4.99. The summed E-state index contributed by atoms with van der Waals surface area (Å²) in [5.74, 6) is -1.72. The quantitative estimate of drug-likeness (QED) is 0.763. The number of nitrogens with zero attached hydrogens (tertiary/aromatic N) is 1. The zero-order valence-corrected chi connectivity index (χ0v) is 15.1. The second-order valence-corrected chi connectivity index (χ2v) is 6.98. The lowest BCUT2D eigenvalue weighted by atomic mass is 9.89. The van der Waals surface area contributed by atoms with Crippen LogP contribution in [0.25, 0.3) is 0 Å². The fraction of sp³-hybridized carbons (Fsp3) is 0.333. The van der Waals surface area contributed by atoms with Crippen LogP contribution in [0.2, 0.25) is 0 Å². The highest BCUT2D eigenvalue weighted by molar-refractivity contribution is 5.98. The molecule has 0 spiro atoms. The van der Waals surface area contributed by atoms with Gasteiger partial charge in [-0.3, -0.25) is 9.69 Å². The van der Waals surface area contributed by atoms with Gasteiger partial charge in [-0.2, -0.15) is 13.2 Å². The van der Waals surface area contributed by atoms with E-state index in [9.17, 15) is 27.9 Å². The van der Waals surface area contributed by atoms with Gasteiger partial charge in [0.25, 0.3) is 0 Å². The first-order valence-electron chi connectivity index (χ1n) is 9.00. The highest BCUT2D eigenvalue weighted by atomic mass is 19.4. The molecule has 0 aromatic heterocycles. The molecule has 0 bridgehead atoms. The molecule has 148 valence electrons. The van der Waals surface area contributed by atoms with Crippen LogP contribution >= 0.6 is 0 Å². The lowest BCUT2D eigenvalue weighted by molar-refractivity contribution is -0.137. The lowest BCUT2D eigenvalue weighted by Gasteiger charge is -2.32. The van der Waals surface area contributed by atoms with E-state index in [1.165, 1.54) is 18.2 Å². The van der Waals surface area contributed by atoms with E-state index in [4.69, 9.17) is 0 Å². The molecule has 28 heavy (non-hydrogen) atoms. The molecule has 0 radical (unpaired) electrons. The van der Waals surface area contributed by atoms with Crippen LogP contribution in [-0.2, 0) is 12.7 Å². The summed E-state index contributed by atoms with van der Waals surface area (Å²) < 4.78 is 38.7. The molecule has 1 unspecified atom stereocenters. The van der Waals surface area contributed by atoms with Crippen molar-refractivity contribution in [2.24, 2.45) is 5.92 Å². The van der Waals surface area contributed by atoms with Crippen molar-refractivity contribution in [2.45, 2.75) is 25.6 Å². The third kappa shape index (κ3) is 4.59. The number of ketones is 1. The van der Waals surface area contributed by atoms with Crippen molar-refractivity contribution in [3.63, 3.8) is 0 Å². The summed E-state index contributed by atoms with van der Waals surface area (Å²) >= 11 is 0. The highest BCUT2D eigenvalue weighted by Gasteiger charge is 2.32. The second kappa shape index (κ2) is 8.14. The minimum atomic E-state index is -4.49. The SMILES string of the molecule is O=C(O)c1ccccc1CN1CCCC(C(=O)c2cccc(C(F)(F)F)c2)C1. The van der Waals surface area contributed by atoms with Crippen LogP contribution in [0.15, 0.2) is 48.5 Å². The number of Topliss-reactive ketones (excluding diaryl/α,β-unsaturated/α-hetero) is 1. The molecule has 7 heteroatoms. The average molecular weight is 391 g/mol. The minimum Gasteiger partial charge on any atom is -0.478 e. The number of halogens is 3. The number of likely N-dealkylation sites (tertiary alicyclic amines) is 1. The molecule has 1 saturated heterocycles. The topological polar surface area (TPSA) is 57.6 Å². The van der Waals surface area contributed by atoms with Crippen LogP contribution in [-0.4, -0.2) is 34.8 Å². The van der Waals surface area contributed by atoms with Crippen molar-refractivity contribution in [1.82, 2.24) is 4.90 Å². The maximum Gasteiger partial charge on any atom is 0.416 e. The third-order valence-corrected chi connectivity index (χ3v) is 4.99. The molecule has 2 aromatic carbocycles. The molecule has 1 N–H and O–H groups in total. The van der Waals surface area contributed by atoms with Gasteiger partial charge >= 0.3 is 12.1 Å². The first-order valence-corrected chi connectivity index (χ1v) is 9.00. The van der Waals surface area contributed by atoms with E-state index < -0.39 is 23.6 Å². The predicted octanol–water partition coefficient (Wildman–Crippen LogP) is 4.50. The molecule has 4 nitrogen and oxygen atoms in total. The van der Waals surface area contributed by atoms with Gasteiger partial charge in [-0.15, -0.1) is 0 Å². The standard InChI is InChI=1S/C21H20F3NO3/c22-21(23,24)17-8-3-6-14(11-17)19(26)16-7-4-10-25(13-16)12-15-5-1-2-9-18(15)20(27)28/h1-3,5-6,8-9,11,16H,4,7,10,12-13H2,(H,27,28). The molecular formula is C21H20F3NO3. The van der Waals surface area contributed by atoms with E-state index in [0.29, 0.717) is 31.6 Å². The predicted molar refractivity (Wildman–Crippen MR) is 97.2 cm³/mol. The molecule has 0 aliphatic carbocycles. The molecule has 0 amide bonds. The van der Waals surface area contributed by atoms with Gasteiger partial charge in [-0.05, 0) is 43.1 Å². The smallest absolute Gasteiger partial charge is 0.416 e. The molecule has 1 heterocycles. The zero-order valence-electron chi connectivity index (χ0n) is 15.1. The maximum atomic E-state index is 12.9. The van der Waals surface area contributed by atoms with Gasteiger partial charge in [0.2, 0.25) is 0 Å². The number of hydrogen-bond acceptors (Lipinski definition) is 3. The summed E-state index contributed by atoms with van der Waals surface area (Å²) in [6.45, 7) is 1.48. The van der Waals surface area contributed by atoms with Gasteiger partial charge in [-0.1, -0.05) is 30.3 Å². The Labute approximate surface area is 160 Å². The Kier molecular flexibility index (Phi) is 5.84. The number of piperidine rings is 1. The Morgan fingerprint density at radius 3 is 2.57 bits per heavy atom. The second-order valence-electron chi connectivity index (χ2n) is 6.98. The number of aromatic carboxylic acids is 1. The minimum absolute atomic E-state index is 0.0626. The van der Waals surface area contributed by atoms with Crippen molar-refractivity contribution in [1.29, 1.82) is 0 Å². The zero-order chi connectivity index (χ0) is 20.3. The van der Waals surface area contributed by atoms with Gasteiger partial charge in [0.15, 0.2) is 5.78 Å². The average Bonchev–Trinajstić information content (AvgIpc) is 2.67. The van der Waals surface area contributed by atoms with E-state index in [-0.39, 0.29) is 16.9 Å². The van der Waals surface area contributed by atoms with E-state index in [0.717, 1.165) is 18.6 Å². The number of rotatable bonds is 5. The number of alkyl halides is 3. The number of carboxylic acids is 1. The van der Waals surface area contributed by atoms with Crippen molar-refractivity contribution >= 4 is 11.8 Å². The molecule has 1 atom stereocenters. The van der Waals surface area contributed by atoms with Crippen LogP contribution in [0.5, 0.6) is 0 Å². The summed E-state index contributed by atoms with van der Waals surface area (Å²) in [4.78, 5) is 26.1. The summed E-state index contributed by atoms with van der Waals surface area (Å²) in [7, 11) is 0. The lowest BCUT2D eigenvalue weighted by Crippen LogP contribution is -2.38. The summed E-state index contributed by atoms with van der Waals surface area (Å²) in [5.41, 5.74) is 0.102. The molecular weight excluding hydrogens is 371 g/mol. The van der Waals surface area contributed by atoms with E-state index in [1.54, 1.807) is 18.2 Å².